The topological polar surface area (TPSA) is 132 Å². The van der Waals surface area contributed by atoms with Crippen molar-refractivity contribution in [3.05, 3.63) is 32.6 Å². The minimum absolute atomic E-state index is 0.0862. The average Bonchev–Trinajstić information content (AvgIpc) is 2.90. The SMILES string of the molecule is CC[C@@H]1O[C@H](n2cc(C)c(=O)[nH]c2=O)CC1(C)CC.O=C=O.O=C=O. The van der Waals surface area contributed by atoms with Gasteiger partial charge in [-0.15, -0.1) is 0 Å². The molecule has 0 bridgehead atoms. The van der Waals surface area contributed by atoms with Gasteiger partial charge in [0.2, 0.25) is 0 Å². The van der Waals surface area contributed by atoms with Crippen molar-refractivity contribution >= 4 is 12.3 Å². The van der Waals surface area contributed by atoms with Crippen molar-refractivity contribution < 1.29 is 23.9 Å². The van der Waals surface area contributed by atoms with Gasteiger partial charge >= 0.3 is 18.0 Å². The number of nitrogens with one attached hydrogen (secondary N) is 1. The molecule has 138 valence electrons. The van der Waals surface area contributed by atoms with Crippen molar-refractivity contribution in [2.45, 2.75) is 59.3 Å². The predicted molar refractivity (Wildman–Crippen MR) is 83.3 cm³/mol. The van der Waals surface area contributed by atoms with E-state index in [1.54, 1.807) is 13.1 Å². The molecular formula is C16H22N2O7. The van der Waals surface area contributed by atoms with Crippen LogP contribution in [0, 0.1) is 12.3 Å². The van der Waals surface area contributed by atoms with Crippen LogP contribution in [0.3, 0.4) is 0 Å². The third-order valence-electron chi connectivity index (χ3n) is 4.37. The summed E-state index contributed by atoms with van der Waals surface area (Å²) in [6.07, 6.45) is 4.71. The van der Waals surface area contributed by atoms with Gasteiger partial charge in [-0.3, -0.25) is 14.3 Å². The Morgan fingerprint density at radius 3 is 2.16 bits per heavy atom. The van der Waals surface area contributed by atoms with Gasteiger partial charge in [0.25, 0.3) is 5.56 Å². The van der Waals surface area contributed by atoms with E-state index in [0.29, 0.717) is 5.56 Å². The zero-order valence-corrected chi connectivity index (χ0v) is 14.7. The van der Waals surface area contributed by atoms with Crippen molar-refractivity contribution in [1.82, 2.24) is 9.55 Å². The van der Waals surface area contributed by atoms with E-state index < -0.39 is 5.69 Å². The van der Waals surface area contributed by atoms with Crippen molar-refractivity contribution in [2.24, 2.45) is 5.41 Å². The van der Waals surface area contributed by atoms with Crippen LogP contribution in [0.5, 0.6) is 0 Å². The van der Waals surface area contributed by atoms with Gasteiger partial charge in [0.05, 0.1) is 6.10 Å². The molecule has 1 fully saturated rings. The molecule has 0 amide bonds. The lowest BCUT2D eigenvalue weighted by Gasteiger charge is -2.26. The molecule has 0 aromatic carbocycles. The number of aryl methyl sites for hydroxylation is 1. The second-order valence-electron chi connectivity index (χ2n) is 5.84. The summed E-state index contributed by atoms with van der Waals surface area (Å²) in [4.78, 5) is 58.1. The van der Waals surface area contributed by atoms with Gasteiger partial charge in [0.15, 0.2) is 0 Å². The van der Waals surface area contributed by atoms with Crippen LogP contribution in [0.4, 0.5) is 0 Å². The third-order valence-corrected chi connectivity index (χ3v) is 4.37. The molecule has 1 N–H and O–H groups in total. The number of aromatic amines is 1. The molecule has 9 nitrogen and oxygen atoms in total. The first-order valence-electron chi connectivity index (χ1n) is 7.70. The quantitative estimate of drug-likeness (QED) is 0.848. The van der Waals surface area contributed by atoms with Crippen molar-refractivity contribution in [3.63, 3.8) is 0 Å². The molecule has 0 radical (unpaired) electrons. The van der Waals surface area contributed by atoms with Crippen LogP contribution in [-0.4, -0.2) is 28.0 Å². The molecule has 2 rings (SSSR count). The maximum atomic E-state index is 11.9. The number of nitrogens with zero attached hydrogens (tertiary/aromatic N) is 1. The molecule has 1 aromatic rings. The second-order valence-corrected chi connectivity index (χ2v) is 5.84. The number of hydrogen-bond acceptors (Lipinski definition) is 7. The Labute approximate surface area is 144 Å². The van der Waals surface area contributed by atoms with Crippen molar-refractivity contribution in [1.29, 1.82) is 0 Å². The zero-order valence-electron chi connectivity index (χ0n) is 14.7. The van der Waals surface area contributed by atoms with Crippen LogP contribution in [-0.2, 0) is 23.9 Å². The van der Waals surface area contributed by atoms with Crippen LogP contribution in [0.1, 0.15) is 51.8 Å². The summed E-state index contributed by atoms with van der Waals surface area (Å²) in [6.45, 7) is 8.14. The van der Waals surface area contributed by atoms with E-state index in [1.807, 2.05) is 0 Å². The highest BCUT2D eigenvalue weighted by atomic mass is 16.5. The van der Waals surface area contributed by atoms with E-state index in [4.69, 9.17) is 23.9 Å². The van der Waals surface area contributed by atoms with Crippen LogP contribution in [0.2, 0.25) is 0 Å². The van der Waals surface area contributed by atoms with Crippen LogP contribution < -0.4 is 11.2 Å². The Balaban J connectivity index is 0.000000844. The van der Waals surface area contributed by atoms with Crippen molar-refractivity contribution in [3.8, 4) is 0 Å². The molecule has 1 aromatic heterocycles. The number of hydrogen-bond donors (Lipinski definition) is 1. The summed E-state index contributed by atoms with van der Waals surface area (Å²) in [5.74, 6) is 0. The number of carbonyl (C=O) groups excluding carboxylic acids is 4. The van der Waals surface area contributed by atoms with Gasteiger partial charge in [0.1, 0.15) is 6.23 Å². The number of aromatic nitrogens is 2. The van der Waals surface area contributed by atoms with Crippen LogP contribution >= 0.6 is 0 Å². The van der Waals surface area contributed by atoms with Gasteiger partial charge < -0.3 is 4.74 Å². The first kappa shape index (κ1) is 22.4. The molecule has 0 aliphatic carbocycles. The highest BCUT2D eigenvalue weighted by Gasteiger charge is 2.43. The van der Waals surface area contributed by atoms with E-state index >= 15 is 0 Å². The molecule has 3 atom stereocenters. The fourth-order valence-corrected chi connectivity index (χ4v) is 2.86. The van der Waals surface area contributed by atoms with Gasteiger partial charge in [-0.1, -0.05) is 20.8 Å². The third kappa shape index (κ3) is 5.76. The maximum Gasteiger partial charge on any atom is 0.373 e. The van der Waals surface area contributed by atoms with E-state index in [9.17, 15) is 9.59 Å². The summed E-state index contributed by atoms with van der Waals surface area (Å²) in [6, 6.07) is 0. The van der Waals surface area contributed by atoms with E-state index in [1.165, 1.54) is 4.57 Å². The highest BCUT2D eigenvalue weighted by Crippen LogP contribution is 2.46. The van der Waals surface area contributed by atoms with E-state index in [2.05, 4.69) is 25.8 Å². The van der Waals surface area contributed by atoms with Gasteiger partial charge in [0, 0.05) is 18.2 Å². The molecule has 9 heteroatoms. The predicted octanol–water partition coefficient (Wildman–Crippen LogP) is 0.792. The molecule has 1 unspecified atom stereocenters. The van der Waals surface area contributed by atoms with Crippen molar-refractivity contribution in [2.75, 3.05) is 0 Å². The largest absolute Gasteiger partial charge is 0.373 e. The molecule has 1 aliphatic rings. The van der Waals surface area contributed by atoms with E-state index in [-0.39, 0.29) is 35.6 Å². The summed E-state index contributed by atoms with van der Waals surface area (Å²) in [7, 11) is 0. The first-order valence-corrected chi connectivity index (χ1v) is 7.70. The van der Waals surface area contributed by atoms with Crippen LogP contribution in [0.15, 0.2) is 15.8 Å². The minimum Gasteiger partial charge on any atom is -0.354 e. The summed E-state index contributed by atoms with van der Waals surface area (Å²) < 4.78 is 7.53. The lowest BCUT2D eigenvalue weighted by Crippen LogP contribution is -2.33. The number of ether oxygens (including phenoxy) is 1. The Kier molecular flexibility index (Phi) is 9.23. The lowest BCUT2D eigenvalue weighted by molar-refractivity contribution is -0.193. The molecule has 2 heterocycles. The van der Waals surface area contributed by atoms with Gasteiger partial charge in [-0.2, -0.15) is 19.2 Å². The maximum absolute atomic E-state index is 11.9. The fraction of sp³-hybridized carbons (Fsp3) is 0.625. The smallest absolute Gasteiger partial charge is 0.354 e. The second kappa shape index (κ2) is 10.3. The summed E-state index contributed by atoms with van der Waals surface area (Å²) in [5.41, 5.74) is -0.107. The Bertz CT molecular complexity index is 728. The molecule has 1 aliphatic heterocycles. The summed E-state index contributed by atoms with van der Waals surface area (Å²) in [5, 5.41) is 0. The minimum atomic E-state index is -0.393. The monoisotopic (exact) mass is 354 g/mol. The molecule has 0 saturated carbocycles. The molecule has 25 heavy (non-hydrogen) atoms. The number of H-pyrrole nitrogens is 1. The Morgan fingerprint density at radius 1 is 1.24 bits per heavy atom. The summed E-state index contributed by atoms with van der Waals surface area (Å²) >= 11 is 0. The first-order chi connectivity index (χ1) is 11.7. The standard InChI is InChI=1S/C14H22N2O3.2CO2/c1-5-10-14(4,6-2)7-11(19-10)16-8-9(3)12(17)15-13(16)18;2*2-1-3/h8,10-11H,5-7H2,1-4H3,(H,15,17,18);;/t10-,11-,14?;;/m0../s1. The molecule has 0 spiro atoms. The Morgan fingerprint density at radius 2 is 1.76 bits per heavy atom. The van der Waals surface area contributed by atoms with Gasteiger partial charge in [-0.25, -0.2) is 4.79 Å². The zero-order chi connectivity index (χ0) is 19.6. The molecular weight excluding hydrogens is 332 g/mol. The molecule has 1 saturated heterocycles. The highest BCUT2D eigenvalue weighted by molar-refractivity contribution is 5.20. The normalized spacial score (nSPS) is 24.0. The lowest BCUT2D eigenvalue weighted by atomic mass is 9.79. The van der Waals surface area contributed by atoms with Gasteiger partial charge in [-0.05, 0) is 25.2 Å². The number of rotatable bonds is 3. The average molecular weight is 354 g/mol. The Hall–Kier alpha value is -2.60. The van der Waals surface area contributed by atoms with E-state index in [0.717, 1.165) is 19.3 Å². The fourth-order valence-electron chi connectivity index (χ4n) is 2.86. The van der Waals surface area contributed by atoms with Crippen LogP contribution in [0.25, 0.3) is 0 Å².